The van der Waals surface area contributed by atoms with Gasteiger partial charge in [-0.3, -0.25) is 0 Å². The fourth-order valence-electron chi connectivity index (χ4n) is 3.87. The summed E-state index contributed by atoms with van der Waals surface area (Å²) in [4.78, 5) is 20.5. The summed E-state index contributed by atoms with van der Waals surface area (Å²) in [5.41, 5.74) is 0.197. The van der Waals surface area contributed by atoms with Crippen LogP contribution in [-0.4, -0.2) is 12.6 Å². The molecule has 4 nitrogen and oxygen atoms in total. The molecule has 2 saturated heterocycles. The first-order valence-corrected chi connectivity index (χ1v) is 6.54. The van der Waals surface area contributed by atoms with Crippen LogP contribution in [0, 0.1) is 22.7 Å². The molecule has 3 unspecified atom stereocenters. The van der Waals surface area contributed by atoms with Crippen LogP contribution in [-0.2, 0) is 19.6 Å². The van der Waals surface area contributed by atoms with E-state index in [1.807, 2.05) is 0 Å². The second kappa shape index (κ2) is 3.44. The maximum Gasteiger partial charge on any atom is 0.373 e. The third-order valence-corrected chi connectivity index (χ3v) is 4.75. The van der Waals surface area contributed by atoms with Gasteiger partial charge in [0.25, 0.3) is 0 Å². The van der Waals surface area contributed by atoms with Crippen molar-refractivity contribution in [3.8, 4) is 0 Å². The van der Waals surface area contributed by atoms with E-state index >= 15 is 0 Å². The van der Waals surface area contributed by atoms with Gasteiger partial charge < -0.3 is 0 Å². The van der Waals surface area contributed by atoms with Crippen molar-refractivity contribution < 1.29 is 19.6 Å². The lowest BCUT2D eigenvalue weighted by Crippen LogP contribution is -2.45. The van der Waals surface area contributed by atoms with Gasteiger partial charge in [-0.2, -0.15) is 14.7 Å². The van der Waals surface area contributed by atoms with Crippen LogP contribution in [0.2, 0.25) is 0 Å². The summed E-state index contributed by atoms with van der Waals surface area (Å²) < 4.78 is 0. The third-order valence-electron chi connectivity index (χ3n) is 4.75. The molecule has 0 amide bonds. The minimum atomic E-state index is -0.912. The molecule has 0 aromatic heterocycles. The van der Waals surface area contributed by atoms with Gasteiger partial charge in [-0.15, -0.1) is 0 Å². The van der Waals surface area contributed by atoms with E-state index in [0.717, 1.165) is 5.92 Å². The Balaban J connectivity index is 1.84. The Morgan fingerprint density at radius 1 is 1.00 bits per heavy atom. The molecule has 3 aliphatic rings. The van der Waals surface area contributed by atoms with Crippen LogP contribution in [0.25, 0.3) is 0 Å². The summed E-state index contributed by atoms with van der Waals surface area (Å²) in [7, 11) is 0. The van der Waals surface area contributed by atoms with Crippen LogP contribution in [0.4, 0.5) is 0 Å². The molecule has 98 valence electrons. The van der Waals surface area contributed by atoms with Gasteiger partial charge >= 0.3 is 5.97 Å². The van der Waals surface area contributed by atoms with Crippen molar-refractivity contribution in [1.82, 2.24) is 0 Å². The Labute approximate surface area is 102 Å². The highest BCUT2D eigenvalue weighted by molar-refractivity contribution is 4.99. The molecular formula is C13H22O4. The van der Waals surface area contributed by atoms with Gasteiger partial charge in [0.05, 0.1) is 12.0 Å². The lowest BCUT2D eigenvalue weighted by atomic mass is 9.60. The molecule has 0 radical (unpaired) electrons. The molecule has 3 rings (SSSR count). The van der Waals surface area contributed by atoms with Crippen molar-refractivity contribution >= 4 is 0 Å². The van der Waals surface area contributed by atoms with Crippen molar-refractivity contribution in [3.63, 3.8) is 0 Å². The first-order chi connectivity index (χ1) is 7.87. The monoisotopic (exact) mass is 242 g/mol. The normalized spacial score (nSPS) is 47.3. The van der Waals surface area contributed by atoms with Gasteiger partial charge in [-0.25, -0.2) is 4.89 Å². The van der Waals surface area contributed by atoms with Crippen LogP contribution in [0.15, 0.2) is 0 Å². The van der Waals surface area contributed by atoms with Crippen molar-refractivity contribution in [2.24, 2.45) is 22.7 Å². The summed E-state index contributed by atoms with van der Waals surface area (Å²) in [5, 5.41) is 0. The lowest BCUT2D eigenvalue weighted by Gasteiger charge is -2.44. The summed E-state index contributed by atoms with van der Waals surface area (Å²) >= 11 is 0. The van der Waals surface area contributed by atoms with Crippen LogP contribution < -0.4 is 0 Å². The van der Waals surface area contributed by atoms with Crippen LogP contribution >= 0.6 is 0 Å². The molecule has 1 spiro atoms. The fraction of sp³-hybridized carbons (Fsp3) is 1.00. The Kier molecular flexibility index (Phi) is 2.41. The van der Waals surface area contributed by atoms with Crippen molar-refractivity contribution in [2.45, 2.75) is 52.9 Å². The molecular weight excluding hydrogens is 220 g/mol. The third kappa shape index (κ3) is 1.73. The Bertz CT molecular complexity index is 323. The topological polar surface area (TPSA) is 43.5 Å². The maximum atomic E-state index is 5.18. The molecule has 0 aromatic carbocycles. The van der Waals surface area contributed by atoms with E-state index in [2.05, 4.69) is 27.7 Å². The molecule has 0 bridgehead atoms. The lowest BCUT2D eigenvalue weighted by molar-refractivity contribution is -0.317. The molecule has 0 N–H and O–H groups in total. The van der Waals surface area contributed by atoms with Gasteiger partial charge in [0.15, 0.2) is 0 Å². The molecule has 3 atom stereocenters. The highest BCUT2D eigenvalue weighted by atomic mass is 17.5. The highest BCUT2D eigenvalue weighted by Crippen LogP contribution is 2.60. The predicted octanol–water partition coefficient (Wildman–Crippen LogP) is 3.03. The van der Waals surface area contributed by atoms with Gasteiger partial charge in [-0.05, 0) is 43.4 Å². The second-order valence-electron chi connectivity index (χ2n) is 7.10. The zero-order valence-corrected chi connectivity index (χ0v) is 11.1. The Hall–Kier alpha value is -0.160. The van der Waals surface area contributed by atoms with Crippen molar-refractivity contribution in [1.29, 1.82) is 0 Å². The first kappa shape index (κ1) is 11.9. The SMILES string of the molecule is CC1CC(C2(C)COOC23OO3)CC(C)(C)C1. The van der Waals surface area contributed by atoms with Crippen molar-refractivity contribution in [3.05, 3.63) is 0 Å². The highest BCUT2D eigenvalue weighted by Gasteiger charge is 2.73. The summed E-state index contributed by atoms with van der Waals surface area (Å²) in [6.45, 7) is 9.73. The molecule has 1 aliphatic carbocycles. The minimum Gasteiger partial charge on any atom is -0.230 e. The average Bonchev–Trinajstić information content (AvgIpc) is 2.87. The van der Waals surface area contributed by atoms with Gasteiger partial charge in [0.2, 0.25) is 0 Å². The van der Waals surface area contributed by atoms with E-state index in [9.17, 15) is 0 Å². The second-order valence-corrected chi connectivity index (χ2v) is 7.10. The molecule has 2 heterocycles. The van der Waals surface area contributed by atoms with Crippen molar-refractivity contribution in [2.75, 3.05) is 6.61 Å². The van der Waals surface area contributed by atoms with Crippen LogP contribution in [0.1, 0.15) is 47.0 Å². The number of rotatable bonds is 1. The summed E-state index contributed by atoms with van der Waals surface area (Å²) in [5.74, 6) is 0.341. The Morgan fingerprint density at radius 2 is 1.71 bits per heavy atom. The molecule has 3 fully saturated rings. The van der Waals surface area contributed by atoms with Crippen LogP contribution in [0.5, 0.6) is 0 Å². The van der Waals surface area contributed by atoms with Gasteiger partial charge in [0, 0.05) is 0 Å². The van der Waals surface area contributed by atoms with Gasteiger partial charge in [-0.1, -0.05) is 20.8 Å². The average molecular weight is 242 g/mol. The summed E-state index contributed by atoms with van der Waals surface area (Å²) in [6, 6.07) is 0. The molecule has 0 aromatic rings. The van der Waals surface area contributed by atoms with E-state index in [4.69, 9.17) is 19.6 Å². The van der Waals surface area contributed by atoms with E-state index in [1.165, 1.54) is 19.3 Å². The molecule has 2 aliphatic heterocycles. The van der Waals surface area contributed by atoms with Crippen LogP contribution in [0.3, 0.4) is 0 Å². The number of hydrogen-bond acceptors (Lipinski definition) is 4. The van der Waals surface area contributed by atoms with Gasteiger partial charge in [0.1, 0.15) is 0 Å². The van der Waals surface area contributed by atoms with E-state index in [-0.39, 0.29) is 5.41 Å². The Morgan fingerprint density at radius 3 is 2.29 bits per heavy atom. The van der Waals surface area contributed by atoms with E-state index in [1.54, 1.807) is 0 Å². The number of hydrogen-bond donors (Lipinski definition) is 0. The zero-order chi connectivity index (χ0) is 12.3. The van der Waals surface area contributed by atoms with E-state index in [0.29, 0.717) is 17.9 Å². The summed E-state index contributed by atoms with van der Waals surface area (Å²) in [6.07, 6.45) is 3.66. The first-order valence-electron chi connectivity index (χ1n) is 6.54. The van der Waals surface area contributed by atoms with E-state index < -0.39 is 5.97 Å². The standard InChI is InChI=1S/C13H22O4/c1-9-5-10(7-11(2,3)6-9)12(4)8-14-15-13(12)16-17-13/h9-10H,5-8H2,1-4H3. The minimum absolute atomic E-state index is 0.182. The molecule has 17 heavy (non-hydrogen) atoms. The molecule has 4 heteroatoms. The largest absolute Gasteiger partial charge is 0.373 e. The molecule has 1 saturated carbocycles. The smallest absolute Gasteiger partial charge is 0.230 e. The fourth-order valence-corrected chi connectivity index (χ4v) is 3.87. The quantitative estimate of drug-likeness (QED) is 0.523. The zero-order valence-electron chi connectivity index (χ0n) is 11.1. The maximum absolute atomic E-state index is 5.18. The predicted molar refractivity (Wildman–Crippen MR) is 60.3 cm³/mol.